The monoisotopic (exact) mass is 486 g/mol. The number of carbonyl (C=O) groups is 2. The number of nitrogens with zero attached hydrogens (tertiary/aromatic N) is 3. The molecular weight excluding hydrogens is 460 g/mol. The Kier molecular flexibility index (Phi) is 7.48. The maximum Gasteiger partial charge on any atom is 0.359 e. The molecule has 0 saturated heterocycles. The molecule has 0 atom stereocenters. The fourth-order valence-electron chi connectivity index (χ4n) is 3.24. The van der Waals surface area contributed by atoms with Crippen LogP contribution in [0.3, 0.4) is 0 Å². The van der Waals surface area contributed by atoms with E-state index >= 15 is 0 Å². The molecule has 0 spiro atoms. The third-order valence-corrected chi connectivity index (χ3v) is 6.90. The number of ether oxygens (including phenoxy) is 1. The number of rotatable bonds is 8. The normalized spacial score (nSPS) is 11.6. The van der Waals surface area contributed by atoms with Crippen LogP contribution in [-0.4, -0.2) is 55.1 Å². The molecule has 1 heterocycles. The van der Waals surface area contributed by atoms with Crippen LogP contribution in [0.5, 0.6) is 0 Å². The number of esters is 1. The number of amides is 1. The van der Waals surface area contributed by atoms with Crippen LogP contribution in [0.4, 0.5) is 5.69 Å². The smallest absolute Gasteiger partial charge is 0.359 e. The zero-order valence-corrected chi connectivity index (χ0v) is 20.2. The van der Waals surface area contributed by atoms with Crippen LogP contribution in [-0.2, 0) is 26.1 Å². The lowest BCUT2D eigenvalue weighted by Gasteiger charge is -2.14. The summed E-state index contributed by atoms with van der Waals surface area (Å²) in [7, 11) is -0.865. The summed E-state index contributed by atoms with van der Waals surface area (Å²) in [6.07, 6.45) is 0.643. The van der Waals surface area contributed by atoms with Crippen LogP contribution in [0, 0.1) is 6.92 Å². The lowest BCUT2D eigenvalue weighted by atomic mass is 10.1. The van der Waals surface area contributed by atoms with Gasteiger partial charge in [-0.15, -0.1) is 0 Å². The van der Waals surface area contributed by atoms with Crippen LogP contribution in [0.2, 0.25) is 0 Å². The van der Waals surface area contributed by atoms with E-state index in [4.69, 9.17) is 4.74 Å². The number of fused-ring (bicyclic) bond motifs is 1. The van der Waals surface area contributed by atoms with E-state index in [1.807, 2.05) is 6.92 Å². The van der Waals surface area contributed by atoms with E-state index in [0.29, 0.717) is 29.3 Å². The topological polar surface area (TPSA) is 128 Å². The molecule has 0 aliphatic rings. The van der Waals surface area contributed by atoms with Gasteiger partial charge in [0.2, 0.25) is 10.0 Å². The maximum atomic E-state index is 12.7. The quantitative estimate of drug-likeness (QED) is 0.483. The fourth-order valence-corrected chi connectivity index (χ4v) is 4.17. The molecule has 3 aromatic rings. The molecule has 0 aliphatic heterocycles. The SMILES string of the molecule is CCCn1nc(C(=O)OCC(=O)Nc2cc(S(=O)(=O)N(C)C)ccc2C)c2ccccc2c1=O. The largest absolute Gasteiger partial charge is 0.451 e. The van der Waals surface area contributed by atoms with E-state index in [0.717, 1.165) is 4.31 Å². The Morgan fingerprint density at radius 3 is 2.44 bits per heavy atom. The highest BCUT2D eigenvalue weighted by atomic mass is 32.2. The van der Waals surface area contributed by atoms with E-state index in [1.54, 1.807) is 37.3 Å². The summed E-state index contributed by atoms with van der Waals surface area (Å²) >= 11 is 0. The minimum atomic E-state index is -3.69. The van der Waals surface area contributed by atoms with E-state index in [-0.39, 0.29) is 21.8 Å². The van der Waals surface area contributed by atoms with E-state index in [1.165, 1.54) is 30.9 Å². The Hall–Kier alpha value is -3.57. The lowest BCUT2D eigenvalue weighted by Crippen LogP contribution is -2.28. The summed E-state index contributed by atoms with van der Waals surface area (Å²) in [6.45, 7) is 3.30. The number of carbonyl (C=O) groups excluding carboxylic acids is 2. The Morgan fingerprint density at radius 1 is 1.12 bits per heavy atom. The molecule has 2 aromatic carbocycles. The molecule has 0 fully saturated rings. The first-order valence-electron chi connectivity index (χ1n) is 10.6. The summed E-state index contributed by atoms with van der Waals surface area (Å²) in [5.41, 5.74) is 0.544. The molecule has 0 bridgehead atoms. The first-order chi connectivity index (χ1) is 16.1. The highest BCUT2D eigenvalue weighted by Crippen LogP contribution is 2.22. The molecule has 0 saturated carbocycles. The predicted molar refractivity (Wildman–Crippen MR) is 127 cm³/mol. The van der Waals surface area contributed by atoms with Gasteiger partial charge in [0, 0.05) is 31.7 Å². The van der Waals surface area contributed by atoms with Crippen molar-refractivity contribution in [3.8, 4) is 0 Å². The van der Waals surface area contributed by atoms with Gasteiger partial charge < -0.3 is 10.1 Å². The van der Waals surface area contributed by atoms with Crippen molar-refractivity contribution in [2.75, 3.05) is 26.0 Å². The third kappa shape index (κ3) is 5.15. The van der Waals surface area contributed by atoms with Gasteiger partial charge >= 0.3 is 5.97 Å². The Bertz CT molecular complexity index is 1410. The minimum Gasteiger partial charge on any atom is -0.451 e. The van der Waals surface area contributed by atoms with Crippen molar-refractivity contribution in [3.63, 3.8) is 0 Å². The van der Waals surface area contributed by atoms with Gasteiger partial charge in [-0.2, -0.15) is 5.10 Å². The number of sulfonamides is 1. The first-order valence-corrected chi connectivity index (χ1v) is 12.0. The second kappa shape index (κ2) is 10.1. The van der Waals surface area contributed by atoms with Crippen molar-refractivity contribution >= 4 is 38.4 Å². The van der Waals surface area contributed by atoms with Crippen LogP contribution in [0.25, 0.3) is 10.8 Å². The fraction of sp³-hybridized carbons (Fsp3) is 0.304. The van der Waals surface area contributed by atoms with Gasteiger partial charge in [0.1, 0.15) is 0 Å². The summed E-state index contributed by atoms with van der Waals surface area (Å²) < 4.78 is 32.2. The van der Waals surface area contributed by atoms with Gasteiger partial charge in [-0.1, -0.05) is 31.2 Å². The van der Waals surface area contributed by atoms with E-state index in [9.17, 15) is 22.8 Å². The summed E-state index contributed by atoms with van der Waals surface area (Å²) in [5, 5.41) is 7.39. The Balaban J connectivity index is 1.79. The van der Waals surface area contributed by atoms with Gasteiger partial charge in [-0.25, -0.2) is 22.2 Å². The van der Waals surface area contributed by atoms with Crippen molar-refractivity contribution < 1.29 is 22.7 Å². The van der Waals surface area contributed by atoms with Gasteiger partial charge in [0.15, 0.2) is 12.3 Å². The molecule has 0 unspecified atom stereocenters. The molecule has 10 nitrogen and oxygen atoms in total. The van der Waals surface area contributed by atoms with Gasteiger partial charge in [0.05, 0.1) is 10.3 Å². The van der Waals surface area contributed by atoms with Gasteiger partial charge in [0.25, 0.3) is 11.5 Å². The Morgan fingerprint density at radius 2 is 1.79 bits per heavy atom. The molecule has 3 rings (SSSR count). The predicted octanol–water partition coefficient (Wildman–Crippen LogP) is 2.16. The second-order valence-corrected chi connectivity index (χ2v) is 9.96. The second-order valence-electron chi connectivity index (χ2n) is 7.81. The molecule has 0 aliphatic carbocycles. The molecule has 1 aromatic heterocycles. The number of hydrogen-bond acceptors (Lipinski definition) is 7. The summed E-state index contributed by atoms with van der Waals surface area (Å²) in [5.74, 6) is -1.50. The van der Waals surface area contributed by atoms with Crippen LogP contribution >= 0.6 is 0 Å². The molecular formula is C23H26N4O6S. The number of benzene rings is 2. The number of hydrogen-bond donors (Lipinski definition) is 1. The molecule has 11 heteroatoms. The van der Waals surface area contributed by atoms with E-state index < -0.39 is 28.5 Å². The zero-order chi connectivity index (χ0) is 25.0. The van der Waals surface area contributed by atoms with Crippen molar-refractivity contribution in [2.45, 2.75) is 31.7 Å². The first kappa shape index (κ1) is 25.1. The van der Waals surface area contributed by atoms with Crippen LogP contribution in [0.15, 0.2) is 52.2 Å². The zero-order valence-electron chi connectivity index (χ0n) is 19.4. The standard InChI is InChI=1S/C23H26N4O6S/c1-5-12-27-22(29)18-9-7-6-8-17(18)21(25-27)23(30)33-14-20(28)24-19-13-16(11-10-15(19)2)34(31,32)26(3)4/h6-11,13H,5,12,14H2,1-4H3,(H,24,28). The van der Waals surface area contributed by atoms with E-state index in [2.05, 4.69) is 10.4 Å². The van der Waals surface area contributed by atoms with Crippen molar-refractivity contribution in [3.05, 3.63) is 64.1 Å². The highest BCUT2D eigenvalue weighted by molar-refractivity contribution is 7.89. The molecule has 1 N–H and O–H groups in total. The molecule has 1 amide bonds. The summed E-state index contributed by atoms with van der Waals surface area (Å²) in [6, 6.07) is 10.9. The van der Waals surface area contributed by atoms with Crippen molar-refractivity contribution in [1.29, 1.82) is 0 Å². The average Bonchev–Trinajstić information content (AvgIpc) is 2.80. The molecule has 0 radical (unpaired) electrons. The summed E-state index contributed by atoms with van der Waals surface area (Å²) in [4.78, 5) is 37.8. The number of aryl methyl sites for hydroxylation is 2. The Labute approximate surface area is 197 Å². The number of anilines is 1. The molecule has 180 valence electrons. The van der Waals surface area contributed by atoms with Crippen molar-refractivity contribution in [1.82, 2.24) is 14.1 Å². The molecule has 34 heavy (non-hydrogen) atoms. The number of aromatic nitrogens is 2. The van der Waals surface area contributed by atoms with Gasteiger partial charge in [-0.3, -0.25) is 9.59 Å². The van der Waals surface area contributed by atoms with Crippen molar-refractivity contribution in [2.24, 2.45) is 0 Å². The third-order valence-electron chi connectivity index (χ3n) is 5.09. The minimum absolute atomic E-state index is 0.0178. The lowest BCUT2D eigenvalue weighted by molar-refractivity contribution is -0.119. The number of nitrogens with one attached hydrogen (secondary N) is 1. The van der Waals surface area contributed by atoms with Crippen LogP contribution < -0.4 is 10.9 Å². The average molecular weight is 487 g/mol. The highest BCUT2D eigenvalue weighted by Gasteiger charge is 2.21. The maximum absolute atomic E-state index is 12.7. The van der Waals surface area contributed by atoms with Gasteiger partial charge in [-0.05, 0) is 37.1 Å². The van der Waals surface area contributed by atoms with Crippen LogP contribution in [0.1, 0.15) is 29.4 Å².